The van der Waals surface area contributed by atoms with Crippen LogP contribution < -0.4 is 5.32 Å². The first-order valence-corrected chi connectivity index (χ1v) is 9.51. The fourth-order valence-corrected chi connectivity index (χ4v) is 4.84. The molecule has 2 saturated carbocycles. The second kappa shape index (κ2) is 6.99. The summed E-state index contributed by atoms with van der Waals surface area (Å²) in [6.45, 7) is 3.46. The zero-order chi connectivity index (χ0) is 14.7. The summed E-state index contributed by atoms with van der Waals surface area (Å²) in [5, 5.41) is 3.80. The van der Waals surface area contributed by atoms with Gasteiger partial charge in [0, 0.05) is 30.6 Å². The normalized spacial score (nSPS) is 21.9. The van der Waals surface area contributed by atoms with Crippen molar-refractivity contribution in [1.29, 1.82) is 0 Å². The second-order valence-corrected chi connectivity index (χ2v) is 8.89. The van der Waals surface area contributed by atoms with Crippen LogP contribution in [0.15, 0.2) is 12.1 Å². The zero-order valence-corrected chi connectivity index (χ0v) is 14.6. The van der Waals surface area contributed by atoms with Gasteiger partial charge in [-0.05, 0) is 50.3 Å². The summed E-state index contributed by atoms with van der Waals surface area (Å²) >= 11 is 7.76. The summed E-state index contributed by atoms with van der Waals surface area (Å²) in [7, 11) is 2.26. The molecule has 0 aliphatic heterocycles. The SMILES string of the molecule is CN(Cc1ccc(Cl)s1)CC1(CNC2CC2)CCCCC1. The van der Waals surface area contributed by atoms with Crippen molar-refractivity contribution in [3.63, 3.8) is 0 Å². The van der Waals surface area contributed by atoms with E-state index >= 15 is 0 Å². The average molecular weight is 327 g/mol. The Labute approximate surface area is 137 Å². The van der Waals surface area contributed by atoms with Gasteiger partial charge in [0.05, 0.1) is 4.34 Å². The first-order valence-electron chi connectivity index (χ1n) is 8.31. The van der Waals surface area contributed by atoms with E-state index in [1.165, 1.54) is 62.9 Å². The van der Waals surface area contributed by atoms with Crippen LogP contribution >= 0.6 is 22.9 Å². The third-order valence-corrected chi connectivity index (χ3v) is 6.13. The molecule has 2 aliphatic rings. The average Bonchev–Trinajstić information content (AvgIpc) is 3.21. The lowest BCUT2D eigenvalue weighted by molar-refractivity contribution is 0.114. The fourth-order valence-electron chi connectivity index (χ4n) is 3.67. The van der Waals surface area contributed by atoms with E-state index in [-0.39, 0.29) is 0 Å². The molecule has 1 aromatic rings. The molecule has 1 N–H and O–H groups in total. The van der Waals surface area contributed by atoms with E-state index in [2.05, 4.69) is 23.3 Å². The molecule has 1 aromatic heterocycles. The highest BCUT2D eigenvalue weighted by molar-refractivity contribution is 7.16. The number of nitrogens with one attached hydrogen (secondary N) is 1. The van der Waals surface area contributed by atoms with Gasteiger partial charge < -0.3 is 10.2 Å². The third-order valence-electron chi connectivity index (χ3n) is 4.92. The van der Waals surface area contributed by atoms with Crippen molar-refractivity contribution in [3.05, 3.63) is 21.3 Å². The lowest BCUT2D eigenvalue weighted by atomic mass is 9.73. The first kappa shape index (κ1) is 15.8. The van der Waals surface area contributed by atoms with Crippen molar-refractivity contribution in [2.75, 3.05) is 20.1 Å². The van der Waals surface area contributed by atoms with Crippen LogP contribution in [0.2, 0.25) is 4.34 Å². The summed E-state index contributed by atoms with van der Waals surface area (Å²) in [6, 6.07) is 5.00. The third kappa shape index (κ3) is 4.69. The Kier molecular flexibility index (Phi) is 5.26. The lowest BCUT2D eigenvalue weighted by Gasteiger charge is -2.40. The van der Waals surface area contributed by atoms with Crippen LogP contribution in [0.3, 0.4) is 0 Å². The molecule has 0 unspecified atom stereocenters. The quantitative estimate of drug-likeness (QED) is 0.791. The summed E-state index contributed by atoms with van der Waals surface area (Å²) < 4.78 is 0.904. The summed E-state index contributed by atoms with van der Waals surface area (Å²) in [5.41, 5.74) is 0.497. The Morgan fingerprint density at radius 2 is 2.05 bits per heavy atom. The van der Waals surface area contributed by atoms with Gasteiger partial charge in [0.25, 0.3) is 0 Å². The molecular weight excluding hydrogens is 300 g/mol. The predicted octanol–water partition coefficient (Wildman–Crippen LogP) is 4.54. The van der Waals surface area contributed by atoms with E-state index in [4.69, 9.17) is 11.6 Å². The molecule has 2 aliphatic carbocycles. The number of thiophene rings is 1. The second-order valence-electron chi connectivity index (χ2n) is 7.09. The molecular formula is C17H27ClN2S. The molecule has 1 heterocycles. The molecule has 118 valence electrons. The fraction of sp³-hybridized carbons (Fsp3) is 0.765. The Hall–Kier alpha value is -0.0900. The van der Waals surface area contributed by atoms with E-state index < -0.39 is 0 Å². The van der Waals surface area contributed by atoms with Gasteiger partial charge in [-0.25, -0.2) is 0 Å². The van der Waals surface area contributed by atoms with Crippen LogP contribution in [-0.4, -0.2) is 31.1 Å². The van der Waals surface area contributed by atoms with Gasteiger partial charge in [0.1, 0.15) is 0 Å². The Bertz CT molecular complexity index is 449. The van der Waals surface area contributed by atoms with Gasteiger partial charge in [0.2, 0.25) is 0 Å². The van der Waals surface area contributed by atoms with Crippen LogP contribution in [0.5, 0.6) is 0 Å². The minimum atomic E-state index is 0.497. The molecule has 0 aromatic carbocycles. The maximum Gasteiger partial charge on any atom is 0.0931 e. The molecule has 0 atom stereocenters. The maximum absolute atomic E-state index is 6.04. The van der Waals surface area contributed by atoms with Gasteiger partial charge in [-0.1, -0.05) is 30.9 Å². The van der Waals surface area contributed by atoms with Crippen molar-refractivity contribution in [2.24, 2.45) is 5.41 Å². The van der Waals surface area contributed by atoms with Crippen molar-refractivity contribution >= 4 is 22.9 Å². The smallest absolute Gasteiger partial charge is 0.0931 e. The minimum absolute atomic E-state index is 0.497. The van der Waals surface area contributed by atoms with Crippen LogP contribution in [-0.2, 0) is 6.54 Å². The number of nitrogens with zero attached hydrogens (tertiary/aromatic N) is 1. The molecule has 21 heavy (non-hydrogen) atoms. The maximum atomic E-state index is 6.04. The number of halogens is 1. The molecule has 3 rings (SSSR count). The van der Waals surface area contributed by atoms with Gasteiger partial charge in [-0.15, -0.1) is 11.3 Å². The Morgan fingerprint density at radius 1 is 1.29 bits per heavy atom. The Balaban J connectivity index is 1.56. The van der Waals surface area contributed by atoms with Gasteiger partial charge >= 0.3 is 0 Å². The molecule has 4 heteroatoms. The first-order chi connectivity index (χ1) is 10.2. The monoisotopic (exact) mass is 326 g/mol. The summed E-state index contributed by atoms with van der Waals surface area (Å²) in [4.78, 5) is 3.88. The molecule has 0 spiro atoms. The van der Waals surface area contributed by atoms with Crippen molar-refractivity contribution < 1.29 is 0 Å². The van der Waals surface area contributed by atoms with Crippen molar-refractivity contribution in [3.8, 4) is 0 Å². The molecule has 0 saturated heterocycles. The lowest BCUT2D eigenvalue weighted by Crippen LogP contribution is -2.44. The highest BCUT2D eigenvalue weighted by Gasteiger charge is 2.35. The largest absolute Gasteiger partial charge is 0.313 e. The van der Waals surface area contributed by atoms with Crippen LogP contribution in [0.1, 0.15) is 49.8 Å². The highest BCUT2D eigenvalue weighted by atomic mass is 35.5. The topological polar surface area (TPSA) is 15.3 Å². The summed E-state index contributed by atoms with van der Waals surface area (Å²) in [6.07, 6.45) is 9.80. The minimum Gasteiger partial charge on any atom is -0.313 e. The number of hydrogen-bond donors (Lipinski definition) is 1. The van der Waals surface area contributed by atoms with E-state index in [9.17, 15) is 0 Å². The van der Waals surface area contributed by atoms with Crippen LogP contribution in [0.25, 0.3) is 0 Å². The van der Waals surface area contributed by atoms with E-state index in [1.807, 2.05) is 6.07 Å². The van der Waals surface area contributed by atoms with E-state index in [0.29, 0.717) is 5.41 Å². The standard InChI is InChI=1S/C17H27ClN2S/c1-20(11-15-7-8-16(18)21-15)13-17(9-3-2-4-10-17)12-19-14-5-6-14/h7-8,14,19H,2-6,9-13H2,1H3. The van der Waals surface area contributed by atoms with Crippen LogP contribution in [0, 0.1) is 5.41 Å². The molecule has 2 fully saturated rings. The molecule has 0 radical (unpaired) electrons. The van der Waals surface area contributed by atoms with Crippen molar-refractivity contribution in [1.82, 2.24) is 10.2 Å². The molecule has 0 amide bonds. The summed E-state index contributed by atoms with van der Waals surface area (Å²) in [5.74, 6) is 0. The highest BCUT2D eigenvalue weighted by Crippen LogP contribution is 2.37. The number of hydrogen-bond acceptors (Lipinski definition) is 3. The van der Waals surface area contributed by atoms with Crippen LogP contribution in [0.4, 0.5) is 0 Å². The molecule has 2 nitrogen and oxygen atoms in total. The Morgan fingerprint density at radius 3 is 2.67 bits per heavy atom. The van der Waals surface area contributed by atoms with Gasteiger partial charge in [0.15, 0.2) is 0 Å². The molecule has 0 bridgehead atoms. The van der Waals surface area contributed by atoms with Gasteiger partial charge in [-0.2, -0.15) is 0 Å². The predicted molar refractivity (Wildman–Crippen MR) is 92.2 cm³/mol. The van der Waals surface area contributed by atoms with E-state index in [0.717, 1.165) is 16.9 Å². The van der Waals surface area contributed by atoms with E-state index in [1.54, 1.807) is 11.3 Å². The van der Waals surface area contributed by atoms with Crippen molar-refractivity contribution in [2.45, 2.75) is 57.5 Å². The van der Waals surface area contributed by atoms with Gasteiger partial charge in [-0.3, -0.25) is 0 Å². The zero-order valence-electron chi connectivity index (χ0n) is 13.0. The number of rotatable bonds is 7.